The summed E-state index contributed by atoms with van der Waals surface area (Å²) in [5.41, 5.74) is 4.20. The molecule has 2 aromatic rings. The van der Waals surface area contributed by atoms with E-state index in [0.29, 0.717) is 0 Å². The first-order chi connectivity index (χ1) is 8.72. The molecule has 1 aromatic heterocycles. The molecule has 0 saturated carbocycles. The van der Waals surface area contributed by atoms with Crippen molar-refractivity contribution in [2.24, 2.45) is 5.10 Å². The van der Waals surface area contributed by atoms with E-state index in [1.54, 1.807) is 6.21 Å². The second-order valence-electron chi connectivity index (χ2n) is 3.81. The van der Waals surface area contributed by atoms with E-state index in [1.165, 1.54) is 6.92 Å². The van der Waals surface area contributed by atoms with Gasteiger partial charge in [-0.05, 0) is 6.07 Å². The van der Waals surface area contributed by atoms with Gasteiger partial charge in [0.15, 0.2) is 0 Å². The van der Waals surface area contributed by atoms with Crippen molar-refractivity contribution in [3.05, 3.63) is 36.0 Å². The number of nitrogens with zero attached hydrogens (tertiary/aromatic N) is 3. The highest BCUT2D eigenvalue weighted by atomic mass is 16.2. The molecule has 1 N–H and O–H groups in total. The van der Waals surface area contributed by atoms with E-state index in [-0.39, 0.29) is 12.5 Å². The predicted molar refractivity (Wildman–Crippen MR) is 69.0 cm³/mol. The van der Waals surface area contributed by atoms with Crippen molar-refractivity contribution in [1.82, 2.24) is 9.99 Å². The van der Waals surface area contributed by atoms with Crippen molar-refractivity contribution in [3.8, 4) is 6.07 Å². The molecule has 1 heterocycles. The van der Waals surface area contributed by atoms with Crippen LogP contribution in [-0.4, -0.2) is 16.7 Å². The van der Waals surface area contributed by atoms with Gasteiger partial charge in [-0.15, -0.1) is 0 Å². The Kier molecular flexibility index (Phi) is 3.39. The fourth-order valence-electron chi connectivity index (χ4n) is 1.78. The van der Waals surface area contributed by atoms with Crippen LogP contribution in [0.5, 0.6) is 0 Å². The summed E-state index contributed by atoms with van der Waals surface area (Å²) in [6.45, 7) is 1.69. The van der Waals surface area contributed by atoms with Gasteiger partial charge in [0.1, 0.15) is 6.54 Å². The molecule has 0 radical (unpaired) electrons. The number of nitriles is 1. The molecule has 2 rings (SSSR count). The lowest BCUT2D eigenvalue weighted by Crippen LogP contribution is -2.12. The van der Waals surface area contributed by atoms with E-state index >= 15 is 0 Å². The number of para-hydroxylation sites is 1. The summed E-state index contributed by atoms with van der Waals surface area (Å²) >= 11 is 0. The number of carbonyl (C=O) groups is 1. The number of amides is 1. The summed E-state index contributed by atoms with van der Waals surface area (Å²) in [5.74, 6) is -0.216. The maximum atomic E-state index is 10.7. The standard InChI is InChI=1S/C13H12N4O/c1-10(18)16-15-8-11-9-17(7-6-14)13-5-3-2-4-12(11)13/h2-5,8-9H,7H2,1H3,(H,16,18)/b15-8-. The topological polar surface area (TPSA) is 70.2 Å². The second kappa shape index (κ2) is 5.15. The van der Waals surface area contributed by atoms with Crippen LogP contribution in [-0.2, 0) is 11.3 Å². The second-order valence-corrected chi connectivity index (χ2v) is 3.81. The Balaban J connectivity index is 2.42. The first-order valence-corrected chi connectivity index (χ1v) is 5.47. The molecule has 0 atom stereocenters. The van der Waals surface area contributed by atoms with Gasteiger partial charge < -0.3 is 4.57 Å². The molecule has 0 unspecified atom stereocenters. The van der Waals surface area contributed by atoms with Crippen molar-refractivity contribution in [2.75, 3.05) is 0 Å². The highest BCUT2D eigenvalue weighted by Crippen LogP contribution is 2.19. The molecule has 1 aromatic carbocycles. The van der Waals surface area contributed by atoms with Crippen molar-refractivity contribution < 1.29 is 4.79 Å². The Labute approximate surface area is 104 Å². The SMILES string of the molecule is CC(=O)N/N=C\c1cn(CC#N)c2ccccc12. The molecule has 0 saturated heterocycles. The van der Waals surface area contributed by atoms with Crippen LogP contribution >= 0.6 is 0 Å². The van der Waals surface area contributed by atoms with Crippen LogP contribution in [0.2, 0.25) is 0 Å². The summed E-state index contributed by atoms with van der Waals surface area (Å²) in [6.07, 6.45) is 3.43. The molecule has 0 fully saturated rings. The number of nitrogens with one attached hydrogen (secondary N) is 1. The first-order valence-electron chi connectivity index (χ1n) is 5.47. The quantitative estimate of drug-likeness (QED) is 0.654. The van der Waals surface area contributed by atoms with Gasteiger partial charge in [0.25, 0.3) is 0 Å². The number of fused-ring (bicyclic) bond motifs is 1. The third-order valence-corrected chi connectivity index (χ3v) is 2.49. The van der Waals surface area contributed by atoms with Gasteiger partial charge in [0.2, 0.25) is 5.91 Å². The Morgan fingerprint density at radius 1 is 1.56 bits per heavy atom. The lowest BCUT2D eigenvalue weighted by atomic mass is 10.2. The molecule has 0 aliphatic heterocycles. The summed E-state index contributed by atoms with van der Waals surface area (Å²) < 4.78 is 1.85. The number of hydrogen-bond donors (Lipinski definition) is 1. The van der Waals surface area contributed by atoms with Gasteiger partial charge in [-0.3, -0.25) is 4.79 Å². The maximum Gasteiger partial charge on any atom is 0.236 e. The van der Waals surface area contributed by atoms with E-state index in [4.69, 9.17) is 5.26 Å². The Bertz CT molecular complexity index is 649. The van der Waals surface area contributed by atoms with Crippen LogP contribution in [0.4, 0.5) is 0 Å². The number of hydrogen-bond acceptors (Lipinski definition) is 3. The predicted octanol–water partition coefficient (Wildman–Crippen LogP) is 1.63. The summed E-state index contributed by atoms with van der Waals surface area (Å²) in [6, 6.07) is 9.86. The van der Waals surface area contributed by atoms with Crippen LogP contribution in [0.3, 0.4) is 0 Å². The summed E-state index contributed by atoms with van der Waals surface area (Å²) in [7, 11) is 0. The molecule has 0 spiro atoms. The van der Waals surface area contributed by atoms with Gasteiger partial charge in [-0.2, -0.15) is 10.4 Å². The average Bonchev–Trinajstić information content (AvgIpc) is 2.69. The van der Waals surface area contributed by atoms with E-state index < -0.39 is 0 Å². The maximum absolute atomic E-state index is 10.7. The van der Waals surface area contributed by atoms with Gasteiger partial charge in [0.05, 0.1) is 12.3 Å². The minimum Gasteiger partial charge on any atom is -0.333 e. The number of rotatable bonds is 3. The fourth-order valence-corrected chi connectivity index (χ4v) is 1.78. The van der Waals surface area contributed by atoms with E-state index in [1.807, 2.05) is 35.0 Å². The summed E-state index contributed by atoms with van der Waals surface area (Å²) in [5, 5.41) is 13.6. The minimum absolute atomic E-state index is 0.216. The lowest BCUT2D eigenvalue weighted by molar-refractivity contribution is -0.118. The minimum atomic E-state index is -0.216. The smallest absolute Gasteiger partial charge is 0.236 e. The van der Waals surface area contributed by atoms with Crippen molar-refractivity contribution >= 4 is 23.0 Å². The van der Waals surface area contributed by atoms with Crippen molar-refractivity contribution in [1.29, 1.82) is 5.26 Å². The molecular formula is C13H12N4O. The highest BCUT2D eigenvalue weighted by molar-refractivity contribution is 5.99. The Morgan fingerprint density at radius 2 is 2.33 bits per heavy atom. The third-order valence-electron chi connectivity index (χ3n) is 2.49. The van der Waals surface area contributed by atoms with Crippen LogP contribution in [0.25, 0.3) is 10.9 Å². The normalized spacial score (nSPS) is 10.7. The number of hydrazone groups is 1. The van der Waals surface area contributed by atoms with Gasteiger partial charge in [-0.25, -0.2) is 5.43 Å². The van der Waals surface area contributed by atoms with Crippen LogP contribution in [0.15, 0.2) is 35.6 Å². The molecule has 0 aliphatic rings. The van der Waals surface area contributed by atoms with E-state index in [0.717, 1.165) is 16.5 Å². The zero-order chi connectivity index (χ0) is 13.0. The molecule has 1 amide bonds. The molecule has 0 bridgehead atoms. The third kappa shape index (κ3) is 2.38. The van der Waals surface area contributed by atoms with Crippen LogP contribution in [0, 0.1) is 11.3 Å². The Morgan fingerprint density at radius 3 is 3.06 bits per heavy atom. The first kappa shape index (κ1) is 11.9. The van der Waals surface area contributed by atoms with Crippen LogP contribution < -0.4 is 5.43 Å². The van der Waals surface area contributed by atoms with Crippen molar-refractivity contribution in [2.45, 2.75) is 13.5 Å². The van der Waals surface area contributed by atoms with Gasteiger partial charge >= 0.3 is 0 Å². The average molecular weight is 240 g/mol. The molecular weight excluding hydrogens is 228 g/mol. The number of benzene rings is 1. The number of aromatic nitrogens is 1. The largest absolute Gasteiger partial charge is 0.333 e. The highest BCUT2D eigenvalue weighted by Gasteiger charge is 2.05. The monoisotopic (exact) mass is 240 g/mol. The Hall–Kier alpha value is -2.61. The molecule has 0 aliphatic carbocycles. The zero-order valence-corrected chi connectivity index (χ0v) is 9.92. The molecule has 5 nitrogen and oxygen atoms in total. The number of carbonyl (C=O) groups excluding carboxylic acids is 1. The molecule has 90 valence electrons. The van der Waals surface area contributed by atoms with Crippen LogP contribution in [0.1, 0.15) is 12.5 Å². The zero-order valence-electron chi connectivity index (χ0n) is 9.92. The van der Waals surface area contributed by atoms with E-state index in [2.05, 4.69) is 16.6 Å². The molecule has 5 heteroatoms. The summed E-state index contributed by atoms with van der Waals surface area (Å²) in [4.78, 5) is 10.7. The lowest BCUT2D eigenvalue weighted by Gasteiger charge is -1.96. The van der Waals surface area contributed by atoms with Gasteiger partial charge in [0, 0.05) is 29.6 Å². The van der Waals surface area contributed by atoms with Gasteiger partial charge in [-0.1, -0.05) is 18.2 Å². The van der Waals surface area contributed by atoms with E-state index in [9.17, 15) is 4.79 Å². The van der Waals surface area contributed by atoms with Crippen molar-refractivity contribution in [3.63, 3.8) is 0 Å². The molecule has 18 heavy (non-hydrogen) atoms. The fraction of sp³-hybridized carbons (Fsp3) is 0.154.